The van der Waals surface area contributed by atoms with Gasteiger partial charge in [-0.2, -0.15) is 0 Å². The lowest BCUT2D eigenvalue weighted by Gasteiger charge is -2.37. The standard InChI is InChI=1S/C54H95NO11/c1-4-7-10-13-14-15-16-17-18-19-20-21-22-25-28-36-52(59)64-44-48(46-66-54(61)38-39-55(40-41-56)49-32-30-33-49)45-65-53(60)37-29-31-47(42-62-50(57)34-26-23-11-8-5-2)43-63-51(58)35-27-24-12-9-6-3/h14-15,17-18,47-49,56H,4-13,16,19-46H2,1-3H3/b15-14-,18-17-. The number of aliphatic hydroxyl groups excluding tert-OH is 1. The van der Waals surface area contributed by atoms with E-state index in [1.54, 1.807) is 0 Å². The Morgan fingerprint density at radius 3 is 1.29 bits per heavy atom. The van der Waals surface area contributed by atoms with Crippen molar-refractivity contribution < 1.29 is 52.8 Å². The maximum Gasteiger partial charge on any atom is 0.307 e. The summed E-state index contributed by atoms with van der Waals surface area (Å²) < 4.78 is 28.0. The topological polar surface area (TPSA) is 155 Å². The van der Waals surface area contributed by atoms with Gasteiger partial charge in [-0.1, -0.05) is 135 Å². The minimum atomic E-state index is -0.540. The molecule has 12 heteroatoms. The molecule has 0 aliphatic heterocycles. The molecule has 0 radical (unpaired) electrons. The van der Waals surface area contributed by atoms with Gasteiger partial charge in [-0.05, 0) is 77.0 Å². The van der Waals surface area contributed by atoms with E-state index in [0.717, 1.165) is 128 Å². The number of esters is 5. The summed E-state index contributed by atoms with van der Waals surface area (Å²) >= 11 is 0. The Labute approximate surface area is 401 Å². The molecule has 1 N–H and O–H groups in total. The van der Waals surface area contributed by atoms with Gasteiger partial charge in [-0.3, -0.25) is 28.9 Å². The normalized spacial score (nSPS) is 13.4. The Hall–Kier alpha value is -3.25. The molecular weight excluding hydrogens is 839 g/mol. The van der Waals surface area contributed by atoms with Gasteiger partial charge in [0.25, 0.3) is 0 Å². The van der Waals surface area contributed by atoms with Gasteiger partial charge >= 0.3 is 29.8 Å². The highest BCUT2D eigenvalue weighted by Crippen LogP contribution is 2.25. The van der Waals surface area contributed by atoms with Gasteiger partial charge in [-0.25, -0.2) is 0 Å². The third kappa shape index (κ3) is 36.8. The number of unbranched alkanes of at least 4 members (excludes halogenated alkanes) is 16. The van der Waals surface area contributed by atoms with Crippen LogP contribution in [0.2, 0.25) is 0 Å². The summed E-state index contributed by atoms with van der Waals surface area (Å²) in [5.41, 5.74) is 0. The highest BCUT2D eigenvalue weighted by Gasteiger charge is 2.25. The van der Waals surface area contributed by atoms with E-state index in [1.165, 1.54) is 25.7 Å². The summed E-state index contributed by atoms with van der Waals surface area (Å²) in [6.07, 6.45) is 36.7. The molecule has 0 aromatic heterocycles. The van der Waals surface area contributed by atoms with Gasteiger partial charge < -0.3 is 28.8 Å². The minimum Gasteiger partial charge on any atom is -0.465 e. The summed E-state index contributed by atoms with van der Waals surface area (Å²) in [5.74, 6) is -2.50. The van der Waals surface area contributed by atoms with Crippen molar-refractivity contribution in [1.29, 1.82) is 0 Å². The monoisotopic (exact) mass is 934 g/mol. The number of nitrogens with zero attached hydrogens (tertiary/aromatic N) is 1. The van der Waals surface area contributed by atoms with Crippen LogP contribution >= 0.6 is 0 Å². The largest absolute Gasteiger partial charge is 0.465 e. The lowest BCUT2D eigenvalue weighted by atomic mass is 9.91. The van der Waals surface area contributed by atoms with Crippen LogP contribution in [0, 0.1) is 11.8 Å². The lowest BCUT2D eigenvalue weighted by Crippen LogP contribution is -2.43. The van der Waals surface area contributed by atoms with Gasteiger partial charge in [0, 0.05) is 50.7 Å². The van der Waals surface area contributed by atoms with Gasteiger partial charge in [0.2, 0.25) is 0 Å². The number of ether oxygens (including phenoxy) is 5. The molecule has 0 heterocycles. The molecule has 1 atom stereocenters. The van der Waals surface area contributed by atoms with Crippen LogP contribution in [0.25, 0.3) is 0 Å². The quantitative estimate of drug-likeness (QED) is 0.0267. The molecule has 0 saturated heterocycles. The number of aliphatic hydroxyl groups is 1. The van der Waals surface area contributed by atoms with E-state index < -0.39 is 17.9 Å². The minimum absolute atomic E-state index is 0.0274. The molecule has 12 nitrogen and oxygen atoms in total. The van der Waals surface area contributed by atoms with Crippen LogP contribution in [0.4, 0.5) is 0 Å². The molecule has 1 unspecified atom stereocenters. The average Bonchev–Trinajstić information content (AvgIpc) is 3.29. The second kappa shape index (κ2) is 44.3. The fraction of sp³-hybridized carbons (Fsp3) is 0.833. The highest BCUT2D eigenvalue weighted by molar-refractivity contribution is 5.71. The smallest absolute Gasteiger partial charge is 0.307 e. The SMILES string of the molecule is CCCCC/C=C\C/C=C\CCCCCCCC(=O)OCC(COC(=O)CCCC(COC(=O)CCCCCCC)COC(=O)CCCCCCC)COC(=O)CCN(CCO)C1CCC1. The summed E-state index contributed by atoms with van der Waals surface area (Å²) in [6, 6.07) is 0.381. The molecule has 1 rings (SSSR count). The number of hydrogen-bond acceptors (Lipinski definition) is 12. The Kier molecular flexibility index (Phi) is 40.8. The van der Waals surface area contributed by atoms with E-state index in [2.05, 4.69) is 50.0 Å². The van der Waals surface area contributed by atoms with Gasteiger partial charge in [0.15, 0.2) is 0 Å². The molecule has 0 spiro atoms. The van der Waals surface area contributed by atoms with Crippen molar-refractivity contribution in [2.24, 2.45) is 11.8 Å². The maximum atomic E-state index is 13.0. The molecule has 1 fully saturated rings. The third-order valence-electron chi connectivity index (χ3n) is 12.3. The molecule has 0 aromatic rings. The van der Waals surface area contributed by atoms with Crippen LogP contribution < -0.4 is 0 Å². The van der Waals surface area contributed by atoms with Crippen LogP contribution in [-0.4, -0.2) is 98.6 Å². The van der Waals surface area contributed by atoms with E-state index in [-0.39, 0.29) is 76.3 Å². The summed E-state index contributed by atoms with van der Waals surface area (Å²) in [7, 11) is 0. The zero-order valence-corrected chi connectivity index (χ0v) is 42.1. The molecule has 0 amide bonds. The van der Waals surface area contributed by atoms with Crippen LogP contribution in [0.15, 0.2) is 24.3 Å². The van der Waals surface area contributed by atoms with Crippen molar-refractivity contribution in [2.75, 3.05) is 52.7 Å². The van der Waals surface area contributed by atoms with Crippen molar-refractivity contribution in [3.63, 3.8) is 0 Å². The first kappa shape index (κ1) is 60.8. The average molecular weight is 934 g/mol. The van der Waals surface area contributed by atoms with Crippen molar-refractivity contribution in [3.05, 3.63) is 24.3 Å². The van der Waals surface area contributed by atoms with E-state index in [0.29, 0.717) is 51.2 Å². The van der Waals surface area contributed by atoms with Crippen LogP contribution in [-0.2, 0) is 47.7 Å². The van der Waals surface area contributed by atoms with Crippen LogP contribution in [0.3, 0.4) is 0 Å². The van der Waals surface area contributed by atoms with Crippen LogP contribution in [0.1, 0.15) is 220 Å². The first-order valence-electron chi connectivity index (χ1n) is 26.6. The molecule has 382 valence electrons. The molecule has 66 heavy (non-hydrogen) atoms. The van der Waals surface area contributed by atoms with E-state index >= 15 is 0 Å². The first-order valence-corrected chi connectivity index (χ1v) is 26.6. The molecule has 0 aromatic carbocycles. The molecule has 1 aliphatic rings. The summed E-state index contributed by atoms with van der Waals surface area (Å²) in [4.78, 5) is 65.6. The van der Waals surface area contributed by atoms with Crippen molar-refractivity contribution >= 4 is 29.8 Å². The second-order valence-corrected chi connectivity index (χ2v) is 18.4. The lowest BCUT2D eigenvalue weighted by molar-refractivity contribution is -0.155. The zero-order valence-electron chi connectivity index (χ0n) is 42.1. The number of rotatable bonds is 46. The number of hydrogen-bond donors (Lipinski definition) is 1. The number of allylic oxidation sites excluding steroid dienone is 4. The summed E-state index contributed by atoms with van der Waals surface area (Å²) in [6.45, 7) is 7.57. The van der Waals surface area contributed by atoms with E-state index in [1.807, 2.05) is 0 Å². The second-order valence-electron chi connectivity index (χ2n) is 18.4. The predicted molar refractivity (Wildman–Crippen MR) is 263 cm³/mol. The van der Waals surface area contributed by atoms with Gasteiger partial charge in [0.1, 0.15) is 19.8 Å². The Balaban J connectivity index is 2.62. The zero-order chi connectivity index (χ0) is 48.1. The van der Waals surface area contributed by atoms with Crippen molar-refractivity contribution in [2.45, 2.75) is 226 Å². The number of carbonyl (C=O) groups excluding carboxylic acids is 5. The fourth-order valence-electron chi connectivity index (χ4n) is 7.73. The number of carbonyl (C=O) groups is 5. The fourth-order valence-corrected chi connectivity index (χ4v) is 7.73. The Morgan fingerprint density at radius 2 is 0.848 bits per heavy atom. The first-order chi connectivity index (χ1) is 32.2. The van der Waals surface area contributed by atoms with Gasteiger partial charge in [0.05, 0.1) is 32.2 Å². The summed E-state index contributed by atoms with van der Waals surface area (Å²) in [5, 5.41) is 9.50. The Morgan fingerprint density at radius 1 is 0.470 bits per heavy atom. The van der Waals surface area contributed by atoms with Crippen molar-refractivity contribution in [3.8, 4) is 0 Å². The van der Waals surface area contributed by atoms with Crippen molar-refractivity contribution in [1.82, 2.24) is 4.90 Å². The van der Waals surface area contributed by atoms with Gasteiger partial charge in [-0.15, -0.1) is 0 Å². The Bertz CT molecular complexity index is 1250. The maximum absolute atomic E-state index is 13.0. The molecule has 1 saturated carbocycles. The third-order valence-corrected chi connectivity index (χ3v) is 12.3. The molecular formula is C54H95NO11. The van der Waals surface area contributed by atoms with E-state index in [9.17, 15) is 29.1 Å². The van der Waals surface area contributed by atoms with E-state index in [4.69, 9.17) is 23.7 Å². The highest BCUT2D eigenvalue weighted by atomic mass is 16.6. The molecule has 0 bridgehead atoms. The molecule has 1 aliphatic carbocycles. The van der Waals surface area contributed by atoms with Crippen LogP contribution in [0.5, 0.6) is 0 Å². The predicted octanol–water partition coefficient (Wildman–Crippen LogP) is 11.9.